The monoisotopic (exact) mass is 256 g/mol. The average molecular weight is 256 g/mol. The Labute approximate surface area is 115 Å². The predicted molar refractivity (Wildman–Crippen MR) is 81.6 cm³/mol. The van der Waals surface area contributed by atoms with Crippen LogP contribution in [0.2, 0.25) is 0 Å². The van der Waals surface area contributed by atoms with Crippen LogP contribution < -0.4 is 5.48 Å². The number of hydrogen-bond acceptors (Lipinski definition) is 2. The minimum atomic E-state index is 0.635. The number of rotatable bonds is 14. The fourth-order valence-electron chi connectivity index (χ4n) is 2.34. The third-order valence-corrected chi connectivity index (χ3v) is 3.56. The number of unbranched alkanes of at least 4 members (excludes halogenated alkanes) is 10. The Morgan fingerprint density at radius 1 is 0.667 bits per heavy atom. The number of hydroxylamine groups is 1. The van der Waals surface area contributed by atoms with E-state index in [1.165, 1.54) is 70.6 Å². The lowest BCUT2D eigenvalue weighted by Crippen LogP contribution is -2.04. The van der Waals surface area contributed by atoms with Gasteiger partial charge in [-0.15, -0.1) is 0 Å². The summed E-state index contributed by atoms with van der Waals surface area (Å²) < 4.78 is 0. The summed E-state index contributed by atoms with van der Waals surface area (Å²) in [6.07, 6.45) is 16.2. The molecule has 0 aliphatic rings. The van der Waals surface area contributed by atoms with E-state index in [1.807, 2.05) is 5.48 Å². The number of nitrogens with one attached hydrogen (secondary N) is 1. The maximum Gasteiger partial charge on any atom is -0.0170 e. The third kappa shape index (κ3) is 15.9. The van der Waals surface area contributed by atoms with Gasteiger partial charge in [0.2, 0.25) is 0 Å². The topological polar surface area (TPSA) is 35.1 Å². The first-order valence-corrected chi connectivity index (χ1v) is 8.12. The molecule has 0 atom stereocenters. The summed E-state index contributed by atoms with van der Waals surface area (Å²) in [5.41, 5.74) is 1.96. The van der Waals surface area contributed by atoms with Crippen molar-refractivity contribution in [3.8, 4) is 0 Å². The zero-order valence-corrected chi connectivity index (χ0v) is 12.7. The molecule has 0 amide bonds. The van der Waals surface area contributed by atoms with Gasteiger partial charge in [-0.1, -0.05) is 84.5 Å². The van der Waals surface area contributed by atoms with Gasteiger partial charge in [0.15, 0.2) is 0 Å². The van der Waals surface area contributed by atoms with Crippen molar-refractivity contribution in [3.05, 3.63) is 5.21 Å². The first-order chi connectivity index (χ1) is 8.77. The second-order valence-electron chi connectivity index (χ2n) is 5.97. The fourth-order valence-corrected chi connectivity index (χ4v) is 2.34. The van der Waals surface area contributed by atoms with Crippen LogP contribution in [0, 0.1) is 11.1 Å². The van der Waals surface area contributed by atoms with Crippen LogP contribution in [-0.2, 0) is 0 Å². The van der Waals surface area contributed by atoms with Gasteiger partial charge in [-0.05, 0) is 18.9 Å². The third-order valence-electron chi connectivity index (χ3n) is 3.56. The van der Waals surface area contributed by atoms with Gasteiger partial charge in [0.05, 0.1) is 0 Å². The molecule has 0 saturated carbocycles. The van der Waals surface area contributed by atoms with E-state index < -0.39 is 0 Å². The molecule has 0 aromatic rings. The summed E-state index contributed by atoms with van der Waals surface area (Å²) in [4.78, 5) is 0. The highest BCUT2D eigenvalue weighted by molar-refractivity contribution is 4.51. The van der Waals surface area contributed by atoms with E-state index in [-0.39, 0.29) is 0 Å². The molecule has 0 bridgehead atoms. The lowest BCUT2D eigenvalue weighted by molar-refractivity contribution is 0.503. The largest absolute Gasteiger partial charge is 0.788 e. The lowest BCUT2D eigenvalue weighted by atomic mass is 10.0. The van der Waals surface area contributed by atoms with E-state index in [0.29, 0.717) is 6.54 Å². The van der Waals surface area contributed by atoms with E-state index in [0.717, 1.165) is 12.3 Å². The SMILES string of the molecule is CC(C)CCCCCCCCCCCCCN[O-]. The molecule has 0 fully saturated rings. The van der Waals surface area contributed by atoms with Gasteiger partial charge in [-0.2, -0.15) is 0 Å². The zero-order valence-electron chi connectivity index (χ0n) is 12.7. The molecule has 1 N–H and O–H groups in total. The van der Waals surface area contributed by atoms with Gasteiger partial charge in [-0.25, -0.2) is 0 Å². The van der Waals surface area contributed by atoms with Crippen LogP contribution >= 0.6 is 0 Å². The van der Waals surface area contributed by atoms with Gasteiger partial charge in [0.25, 0.3) is 0 Å². The summed E-state index contributed by atoms with van der Waals surface area (Å²) in [7, 11) is 0. The van der Waals surface area contributed by atoms with Crippen molar-refractivity contribution in [2.24, 2.45) is 5.92 Å². The molecule has 0 radical (unpaired) electrons. The first kappa shape index (κ1) is 17.9. The van der Waals surface area contributed by atoms with Crippen molar-refractivity contribution in [2.45, 2.75) is 90.9 Å². The molecule has 2 heteroatoms. The summed E-state index contributed by atoms with van der Waals surface area (Å²) in [5, 5.41) is 10.00. The van der Waals surface area contributed by atoms with E-state index in [2.05, 4.69) is 13.8 Å². The maximum absolute atomic E-state index is 10.00. The summed E-state index contributed by atoms with van der Waals surface area (Å²) >= 11 is 0. The molecule has 0 unspecified atom stereocenters. The highest BCUT2D eigenvalue weighted by Gasteiger charge is 1.95. The smallest absolute Gasteiger partial charge is 0.0170 e. The molecule has 0 spiro atoms. The van der Waals surface area contributed by atoms with E-state index in [9.17, 15) is 5.21 Å². The van der Waals surface area contributed by atoms with Crippen molar-refractivity contribution in [1.29, 1.82) is 0 Å². The van der Waals surface area contributed by atoms with Gasteiger partial charge in [0.1, 0.15) is 0 Å². The highest BCUT2D eigenvalue weighted by atomic mass is 16.5. The summed E-state index contributed by atoms with van der Waals surface area (Å²) in [5.74, 6) is 0.877. The van der Waals surface area contributed by atoms with Crippen LogP contribution in [0.5, 0.6) is 0 Å². The molecule has 0 aromatic heterocycles. The Kier molecular flexibility index (Phi) is 14.9. The molecule has 0 aliphatic carbocycles. The predicted octanol–water partition coefficient (Wildman–Crippen LogP) is 5.41. The van der Waals surface area contributed by atoms with Gasteiger partial charge in [-0.3, -0.25) is 0 Å². The number of hydrogen-bond donors (Lipinski definition) is 1. The fraction of sp³-hybridized carbons (Fsp3) is 1.00. The summed E-state index contributed by atoms with van der Waals surface area (Å²) in [6.45, 7) is 5.26. The van der Waals surface area contributed by atoms with E-state index >= 15 is 0 Å². The second kappa shape index (κ2) is 15.0. The molecule has 0 aliphatic heterocycles. The Morgan fingerprint density at radius 2 is 1.06 bits per heavy atom. The lowest BCUT2D eigenvalue weighted by Gasteiger charge is -2.06. The van der Waals surface area contributed by atoms with Gasteiger partial charge < -0.3 is 10.7 Å². The molecular weight excluding hydrogens is 222 g/mol. The zero-order chi connectivity index (χ0) is 13.5. The van der Waals surface area contributed by atoms with Crippen molar-refractivity contribution in [2.75, 3.05) is 6.54 Å². The molecule has 0 saturated heterocycles. The van der Waals surface area contributed by atoms with Crippen molar-refractivity contribution < 1.29 is 0 Å². The first-order valence-electron chi connectivity index (χ1n) is 8.12. The molecule has 0 aromatic carbocycles. The van der Waals surface area contributed by atoms with Gasteiger partial charge in [0, 0.05) is 0 Å². The van der Waals surface area contributed by atoms with Crippen molar-refractivity contribution in [3.63, 3.8) is 0 Å². The average Bonchev–Trinajstić information content (AvgIpc) is 2.34. The molecule has 2 nitrogen and oxygen atoms in total. The normalized spacial score (nSPS) is 11.3. The van der Waals surface area contributed by atoms with Crippen molar-refractivity contribution >= 4 is 0 Å². The standard InChI is InChI=1S/C16H34NO/c1-16(2)14-12-10-8-6-4-3-5-7-9-11-13-15-17-18/h16-17H,3-15H2,1-2H3/q-1. The Balaban J connectivity index is 2.90. The Morgan fingerprint density at radius 3 is 1.44 bits per heavy atom. The Hall–Kier alpha value is -0.0800. The highest BCUT2D eigenvalue weighted by Crippen LogP contribution is 2.13. The van der Waals surface area contributed by atoms with Crippen LogP contribution in [0.1, 0.15) is 90.9 Å². The van der Waals surface area contributed by atoms with Crippen molar-refractivity contribution in [1.82, 2.24) is 5.48 Å². The second-order valence-corrected chi connectivity index (χ2v) is 5.97. The quantitative estimate of drug-likeness (QED) is 0.333. The summed E-state index contributed by atoms with van der Waals surface area (Å²) in [6, 6.07) is 0. The van der Waals surface area contributed by atoms with E-state index in [1.54, 1.807) is 0 Å². The van der Waals surface area contributed by atoms with Crippen LogP contribution in [0.4, 0.5) is 0 Å². The molecule has 0 rings (SSSR count). The minimum Gasteiger partial charge on any atom is -0.788 e. The maximum atomic E-state index is 10.00. The molecule has 0 heterocycles. The van der Waals surface area contributed by atoms with Crippen LogP contribution in [-0.4, -0.2) is 6.54 Å². The Bertz CT molecular complexity index is 148. The minimum absolute atomic E-state index is 0.635. The molecular formula is C16H34NO-. The van der Waals surface area contributed by atoms with E-state index in [4.69, 9.17) is 0 Å². The molecule has 18 heavy (non-hydrogen) atoms. The molecule has 110 valence electrons. The van der Waals surface area contributed by atoms with Crippen LogP contribution in [0.3, 0.4) is 0 Å². The van der Waals surface area contributed by atoms with Gasteiger partial charge >= 0.3 is 0 Å². The van der Waals surface area contributed by atoms with Crippen LogP contribution in [0.25, 0.3) is 0 Å². The van der Waals surface area contributed by atoms with Crippen LogP contribution in [0.15, 0.2) is 0 Å².